The summed E-state index contributed by atoms with van der Waals surface area (Å²) in [4.78, 5) is 13.4. The van der Waals surface area contributed by atoms with Crippen LogP contribution in [-0.2, 0) is 4.79 Å². The van der Waals surface area contributed by atoms with Crippen LogP contribution in [0.4, 0.5) is 5.69 Å². The molecule has 80 valence electrons. The van der Waals surface area contributed by atoms with E-state index < -0.39 is 0 Å². The van der Waals surface area contributed by atoms with Gasteiger partial charge in [0.15, 0.2) is 0 Å². The maximum absolute atomic E-state index is 11.7. The van der Waals surface area contributed by atoms with Crippen molar-refractivity contribution >= 4 is 23.2 Å². The first kappa shape index (κ1) is 10.5. The molecule has 1 aromatic carbocycles. The van der Waals surface area contributed by atoms with Gasteiger partial charge in [0.2, 0.25) is 5.91 Å². The summed E-state index contributed by atoms with van der Waals surface area (Å²) in [6, 6.07) is 6.11. The van der Waals surface area contributed by atoms with Crippen LogP contribution in [0, 0.1) is 13.8 Å². The van der Waals surface area contributed by atoms with Crippen LogP contribution >= 0.6 is 11.6 Å². The third-order valence-electron chi connectivity index (χ3n) is 2.72. The second-order valence-electron chi connectivity index (χ2n) is 4.10. The van der Waals surface area contributed by atoms with Crippen molar-refractivity contribution in [1.82, 2.24) is 0 Å². The van der Waals surface area contributed by atoms with Gasteiger partial charge in [0.1, 0.15) is 0 Å². The normalized spacial score (nSPS) is 21.1. The largest absolute Gasteiger partial charge is 0.311 e. The Balaban J connectivity index is 2.34. The van der Waals surface area contributed by atoms with Crippen LogP contribution in [0.25, 0.3) is 0 Å². The Morgan fingerprint density at radius 1 is 1.40 bits per heavy atom. The van der Waals surface area contributed by atoms with E-state index >= 15 is 0 Å². The zero-order valence-corrected chi connectivity index (χ0v) is 9.71. The lowest BCUT2D eigenvalue weighted by Crippen LogP contribution is -2.25. The monoisotopic (exact) mass is 223 g/mol. The Morgan fingerprint density at radius 3 is 2.67 bits per heavy atom. The molecule has 0 saturated carbocycles. The van der Waals surface area contributed by atoms with E-state index in [0.29, 0.717) is 13.0 Å². The molecule has 2 rings (SSSR count). The maximum Gasteiger partial charge on any atom is 0.228 e. The minimum Gasteiger partial charge on any atom is -0.311 e. The molecule has 1 heterocycles. The van der Waals surface area contributed by atoms with Crippen LogP contribution in [0.2, 0.25) is 0 Å². The topological polar surface area (TPSA) is 20.3 Å². The molecule has 1 aliphatic rings. The number of nitrogens with zero attached hydrogens (tertiary/aromatic N) is 1. The molecule has 1 atom stereocenters. The highest BCUT2D eigenvalue weighted by atomic mass is 35.5. The summed E-state index contributed by atoms with van der Waals surface area (Å²) in [6.45, 7) is 4.70. The molecule has 0 radical (unpaired) electrons. The van der Waals surface area contributed by atoms with Crippen molar-refractivity contribution in [3.8, 4) is 0 Å². The molecule has 0 aromatic heterocycles. The quantitative estimate of drug-likeness (QED) is 0.671. The molecule has 1 aromatic rings. The summed E-state index contributed by atoms with van der Waals surface area (Å²) in [5.41, 5.74) is 3.34. The summed E-state index contributed by atoms with van der Waals surface area (Å²) >= 11 is 5.97. The van der Waals surface area contributed by atoms with Crippen LogP contribution in [0.15, 0.2) is 18.2 Å². The van der Waals surface area contributed by atoms with Crippen LogP contribution in [-0.4, -0.2) is 17.8 Å². The van der Waals surface area contributed by atoms with Crippen LogP contribution in [0.5, 0.6) is 0 Å². The SMILES string of the molecule is Cc1ccc(N2CC(Cl)CC2=O)c(C)c1. The van der Waals surface area contributed by atoms with E-state index in [1.807, 2.05) is 26.0 Å². The number of hydrogen-bond acceptors (Lipinski definition) is 1. The number of amides is 1. The molecule has 1 unspecified atom stereocenters. The molecule has 1 aliphatic heterocycles. The van der Waals surface area contributed by atoms with Gasteiger partial charge in [-0.2, -0.15) is 0 Å². The number of benzene rings is 1. The van der Waals surface area contributed by atoms with Gasteiger partial charge in [-0.3, -0.25) is 4.79 Å². The first-order valence-electron chi connectivity index (χ1n) is 5.09. The van der Waals surface area contributed by atoms with Gasteiger partial charge in [-0.15, -0.1) is 11.6 Å². The molecule has 0 spiro atoms. The highest BCUT2D eigenvalue weighted by molar-refractivity contribution is 6.24. The molecule has 0 N–H and O–H groups in total. The molecule has 2 nitrogen and oxygen atoms in total. The Labute approximate surface area is 94.8 Å². The molecule has 1 amide bonds. The maximum atomic E-state index is 11.7. The van der Waals surface area contributed by atoms with Gasteiger partial charge in [0, 0.05) is 18.7 Å². The van der Waals surface area contributed by atoms with E-state index in [4.69, 9.17) is 11.6 Å². The van der Waals surface area contributed by atoms with Crippen molar-refractivity contribution in [1.29, 1.82) is 0 Å². The van der Waals surface area contributed by atoms with Crippen LogP contribution in [0.3, 0.4) is 0 Å². The van der Waals surface area contributed by atoms with Gasteiger partial charge in [0.05, 0.1) is 5.38 Å². The van der Waals surface area contributed by atoms with E-state index in [0.717, 1.165) is 11.3 Å². The number of carbonyl (C=O) groups excluding carboxylic acids is 1. The minimum absolute atomic E-state index is 0.0433. The second kappa shape index (κ2) is 3.86. The molecule has 0 bridgehead atoms. The molecule has 1 fully saturated rings. The molecular formula is C12H14ClNO. The van der Waals surface area contributed by atoms with Gasteiger partial charge in [-0.1, -0.05) is 17.7 Å². The second-order valence-corrected chi connectivity index (χ2v) is 4.71. The van der Waals surface area contributed by atoms with E-state index in [-0.39, 0.29) is 11.3 Å². The summed E-state index contributed by atoms with van der Waals surface area (Å²) in [5, 5.41) is -0.0433. The zero-order chi connectivity index (χ0) is 11.0. The van der Waals surface area contributed by atoms with Gasteiger partial charge in [-0.25, -0.2) is 0 Å². The number of anilines is 1. The summed E-state index contributed by atoms with van der Waals surface area (Å²) in [7, 11) is 0. The predicted octanol–water partition coefficient (Wildman–Crippen LogP) is 2.65. The first-order valence-corrected chi connectivity index (χ1v) is 5.53. The van der Waals surface area contributed by atoms with Crippen molar-refractivity contribution in [3.05, 3.63) is 29.3 Å². The fraction of sp³-hybridized carbons (Fsp3) is 0.417. The highest BCUT2D eigenvalue weighted by Gasteiger charge is 2.29. The fourth-order valence-electron chi connectivity index (χ4n) is 2.01. The number of carbonyl (C=O) groups is 1. The van der Waals surface area contributed by atoms with Crippen molar-refractivity contribution < 1.29 is 4.79 Å². The van der Waals surface area contributed by atoms with Crippen molar-refractivity contribution in [2.45, 2.75) is 25.6 Å². The molecule has 0 aliphatic carbocycles. The number of alkyl halides is 1. The lowest BCUT2D eigenvalue weighted by atomic mass is 10.1. The number of rotatable bonds is 1. The molecule has 3 heteroatoms. The van der Waals surface area contributed by atoms with Gasteiger partial charge in [0.25, 0.3) is 0 Å². The Bertz CT molecular complexity index is 403. The van der Waals surface area contributed by atoms with Crippen molar-refractivity contribution in [2.24, 2.45) is 0 Å². The molecular weight excluding hydrogens is 210 g/mol. The average molecular weight is 224 g/mol. The third kappa shape index (κ3) is 2.00. The van der Waals surface area contributed by atoms with Crippen molar-refractivity contribution in [2.75, 3.05) is 11.4 Å². The Morgan fingerprint density at radius 2 is 2.13 bits per heavy atom. The van der Waals surface area contributed by atoms with Crippen LogP contribution < -0.4 is 4.90 Å². The lowest BCUT2D eigenvalue weighted by molar-refractivity contribution is -0.117. The van der Waals surface area contributed by atoms with Gasteiger partial charge in [-0.05, 0) is 25.5 Å². The Hall–Kier alpha value is -1.02. The summed E-state index contributed by atoms with van der Waals surface area (Å²) in [5.74, 6) is 0.127. The number of aryl methyl sites for hydroxylation is 2. The van der Waals surface area contributed by atoms with Crippen molar-refractivity contribution in [3.63, 3.8) is 0 Å². The Kier molecular flexibility index (Phi) is 2.70. The fourth-order valence-corrected chi connectivity index (χ4v) is 2.28. The number of hydrogen-bond donors (Lipinski definition) is 0. The summed E-state index contributed by atoms with van der Waals surface area (Å²) in [6.07, 6.45) is 0.453. The van der Waals surface area contributed by atoms with Crippen LogP contribution in [0.1, 0.15) is 17.5 Å². The summed E-state index contributed by atoms with van der Waals surface area (Å²) < 4.78 is 0. The highest BCUT2D eigenvalue weighted by Crippen LogP contribution is 2.27. The zero-order valence-electron chi connectivity index (χ0n) is 8.96. The lowest BCUT2D eigenvalue weighted by Gasteiger charge is -2.18. The molecule has 15 heavy (non-hydrogen) atoms. The predicted molar refractivity (Wildman–Crippen MR) is 62.5 cm³/mol. The van der Waals surface area contributed by atoms with E-state index in [9.17, 15) is 4.79 Å². The molecule has 1 saturated heterocycles. The van der Waals surface area contributed by atoms with E-state index in [1.165, 1.54) is 5.56 Å². The number of halogens is 1. The van der Waals surface area contributed by atoms with E-state index in [2.05, 4.69) is 6.07 Å². The minimum atomic E-state index is -0.0433. The average Bonchev–Trinajstić information content (AvgIpc) is 2.45. The smallest absolute Gasteiger partial charge is 0.228 e. The third-order valence-corrected chi connectivity index (χ3v) is 3.01. The van der Waals surface area contributed by atoms with Gasteiger partial charge >= 0.3 is 0 Å². The standard InChI is InChI=1S/C12H14ClNO/c1-8-3-4-11(9(2)5-8)14-7-10(13)6-12(14)15/h3-5,10H,6-7H2,1-2H3. The first-order chi connectivity index (χ1) is 7.08. The van der Waals surface area contributed by atoms with Gasteiger partial charge < -0.3 is 4.90 Å². The van der Waals surface area contributed by atoms with E-state index in [1.54, 1.807) is 4.90 Å².